The number of carbonyl (C=O) groups is 1. The third-order valence-electron chi connectivity index (χ3n) is 2.65. The molecular formula is C13H18N2O3. The van der Waals surface area contributed by atoms with E-state index in [0.29, 0.717) is 32.7 Å². The minimum absolute atomic E-state index is 0.167. The van der Waals surface area contributed by atoms with Gasteiger partial charge in [0.2, 0.25) is 0 Å². The molecule has 1 fully saturated rings. The normalized spacial score (nSPS) is 15.6. The first-order valence-electron chi connectivity index (χ1n) is 6.13. The van der Waals surface area contributed by atoms with Crippen LogP contribution in [0.15, 0.2) is 30.3 Å². The van der Waals surface area contributed by atoms with E-state index < -0.39 is 0 Å². The van der Waals surface area contributed by atoms with Crippen molar-refractivity contribution in [3.05, 3.63) is 35.9 Å². The van der Waals surface area contributed by atoms with Crippen LogP contribution in [0.4, 0.5) is 4.79 Å². The van der Waals surface area contributed by atoms with Crippen LogP contribution >= 0.6 is 0 Å². The van der Waals surface area contributed by atoms with E-state index in [-0.39, 0.29) is 12.3 Å². The number of hydrogen-bond acceptors (Lipinski definition) is 3. The van der Waals surface area contributed by atoms with Crippen LogP contribution < -0.4 is 10.6 Å². The van der Waals surface area contributed by atoms with Gasteiger partial charge in [0.15, 0.2) is 6.29 Å². The number of rotatable bonds is 5. The summed E-state index contributed by atoms with van der Waals surface area (Å²) in [5, 5.41) is 5.56. The standard InChI is InChI=1S/C13H18N2O3/c16-13(14-7-6-12-17-8-9-18-12)15-10-11-4-2-1-3-5-11/h1-5,12H,6-10H2,(H2,14,15,16). The maximum Gasteiger partial charge on any atom is 0.315 e. The summed E-state index contributed by atoms with van der Waals surface area (Å²) in [7, 11) is 0. The summed E-state index contributed by atoms with van der Waals surface area (Å²) in [4.78, 5) is 11.5. The van der Waals surface area contributed by atoms with Gasteiger partial charge in [-0.25, -0.2) is 4.79 Å². The van der Waals surface area contributed by atoms with Crippen LogP contribution in [0.1, 0.15) is 12.0 Å². The molecule has 1 saturated heterocycles. The quantitative estimate of drug-likeness (QED) is 0.826. The number of hydrogen-bond donors (Lipinski definition) is 2. The fourth-order valence-electron chi connectivity index (χ4n) is 1.72. The fraction of sp³-hybridized carbons (Fsp3) is 0.462. The molecule has 1 aromatic carbocycles. The van der Waals surface area contributed by atoms with Crippen LogP contribution in [-0.2, 0) is 16.0 Å². The van der Waals surface area contributed by atoms with Gasteiger partial charge >= 0.3 is 6.03 Å². The Morgan fingerprint density at radius 1 is 1.17 bits per heavy atom. The van der Waals surface area contributed by atoms with E-state index in [9.17, 15) is 4.79 Å². The predicted octanol–water partition coefficient (Wildman–Crippen LogP) is 1.25. The van der Waals surface area contributed by atoms with Crippen molar-refractivity contribution in [1.82, 2.24) is 10.6 Å². The van der Waals surface area contributed by atoms with Crippen LogP contribution in [0.25, 0.3) is 0 Å². The molecule has 0 aromatic heterocycles. The number of amides is 2. The molecule has 1 heterocycles. The van der Waals surface area contributed by atoms with Crippen LogP contribution in [0.2, 0.25) is 0 Å². The second kappa shape index (κ2) is 6.98. The Hall–Kier alpha value is -1.59. The molecule has 0 unspecified atom stereocenters. The van der Waals surface area contributed by atoms with Gasteiger partial charge in [0.1, 0.15) is 0 Å². The number of nitrogens with one attached hydrogen (secondary N) is 2. The number of carbonyl (C=O) groups excluding carboxylic acids is 1. The molecule has 0 saturated carbocycles. The molecule has 2 amide bonds. The molecule has 1 aromatic rings. The van der Waals surface area contributed by atoms with E-state index >= 15 is 0 Å². The average molecular weight is 250 g/mol. The lowest BCUT2D eigenvalue weighted by Crippen LogP contribution is -2.36. The highest BCUT2D eigenvalue weighted by atomic mass is 16.7. The Morgan fingerprint density at radius 2 is 1.89 bits per heavy atom. The lowest BCUT2D eigenvalue weighted by Gasteiger charge is -2.10. The molecule has 0 radical (unpaired) electrons. The van der Waals surface area contributed by atoms with Gasteiger partial charge in [0.05, 0.1) is 13.2 Å². The first kappa shape index (κ1) is 12.9. The Kier molecular flexibility index (Phi) is 4.99. The van der Waals surface area contributed by atoms with Crippen LogP contribution in [-0.4, -0.2) is 32.1 Å². The molecule has 1 aliphatic heterocycles. The predicted molar refractivity (Wildman–Crippen MR) is 67.0 cm³/mol. The lowest BCUT2D eigenvalue weighted by atomic mass is 10.2. The van der Waals surface area contributed by atoms with E-state index in [4.69, 9.17) is 9.47 Å². The maximum atomic E-state index is 11.5. The molecule has 98 valence electrons. The Balaban J connectivity index is 1.57. The summed E-state index contributed by atoms with van der Waals surface area (Å²) in [5.41, 5.74) is 1.08. The van der Waals surface area contributed by atoms with Crippen molar-refractivity contribution in [3.8, 4) is 0 Å². The minimum atomic E-state index is -0.170. The van der Waals surface area contributed by atoms with E-state index in [2.05, 4.69) is 10.6 Å². The summed E-state index contributed by atoms with van der Waals surface area (Å²) in [6, 6.07) is 9.62. The smallest absolute Gasteiger partial charge is 0.315 e. The SMILES string of the molecule is O=C(NCCC1OCCO1)NCc1ccccc1. The van der Waals surface area contributed by atoms with E-state index in [1.54, 1.807) is 0 Å². The highest BCUT2D eigenvalue weighted by Gasteiger charge is 2.15. The molecule has 5 heteroatoms. The molecule has 18 heavy (non-hydrogen) atoms. The van der Waals surface area contributed by atoms with Crippen molar-refractivity contribution in [2.24, 2.45) is 0 Å². The van der Waals surface area contributed by atoms with Gasteiger partial charge in [-0.05, 0) is 5.56 Å². The second-order valence-corrected chi connectivity index (χ2v) is 4.05. The summed E-state index contributed by atoms with van der Waals surface area (Å²) in [6.45, 7) is 2.37. The molecule has 0 aliphatic carbocycles. The van der Waals surface area contributed by atoms with Gasteiger partial charge < -0.3 is 20.1 Å². The van der Waals surface area contributed by atoms with Crippen molar-refractivity contribution in [3.63, 3.8) is 0 Å². The van der Waals surface area contributed by atoms with Gasteiger partial charge in [-0.2, -0.15) is 0 Å². The fourth-order valence-corrected chi connectivity index (χ4v) is 1.72. The molecule has 2 rings (SSSR count). The third kappa shape index (κ3) is 4.35. The molecule has 2 N–H and O–H groups in total. The zero-order valence-electron chi connectivity index (χ0n) is 10.2. The molecule has 1 aliphatic rings. The largest absolute Gasteiger partial charge is 0.350 e. The zero-order chi connectivity index (χ0) is 12.6. The Morgan fingerprint density at radius 3 is 2.61 bits per heavy atom. The van der Waals surface area contributed by atoms with E-state index in [1.165, 1.54) is 0 Å². The maximum absolute atomic E-state index is 11.5. The number of urea groups is 1. The summed E-state index contributed by atoms with van der Waals surface area (Å²) in [5.74, 6) is 0. The van der Waals surface area contributed by atoms with Gasteiger partial charge in [-0.3, -0.25) is 0 Å². The summed E-state index contributed by atoms with van der Waals surface area (Å²) >= 11 is 0. The molecular weight excluding hydrogens is 232 g/mol. The van der Waals surface area contributed by atoms with Gasteiger partial charge in [0, 0.05) is 19.5 Å². The highest BCUT2D eigenvalue weighted by Crippen LogP contribution is 2.06. The summed E-state index contributed by atoms with van der Waals surface area (Å²) < 4.78 is 10.5. The van der Waals surface area contributed by atoms with E-state index in [0.717, 1.165) is 5.56 Å². The van der Waals surface area contributed by atoms with Crippen molar-refractivity contribution < 1.29 is 14.3 Å². The van der Waals surface area contributed by atoms with Crippen LogP contribution in [0, 0.1) is 0 Å². The Bertz CT molecular complexity index is 364. The Labute approximate surface area is 106 Å². The molecule has 0 bridgehead atoms. The van der Waals surface area contributed by atoms with E-state index in [1.807, 2.05) is 30.3 Å². The first-order chi connectivity index (χ1) is 8.84. The van der Waals surface area contributed by atoms with Gasteiger partial charge in [-0.1, -0.05) is 30.3 Å². The molecule has 0 spiro atoms. The minimum Gasteiger partial charge on any atom is -0.350 e. The van der Waals surface area contributed by atoms with Crippen LogP contribution in [0.5, 0.6) is 0 Å². The average Bonchev–Trinajstić information content (AvgIpc) is 2.91. The van der Waals surface area contributed by atoms with Crippen molar-refractivity contribution in [2.75, 3.05) is 19.8 Å². The topological polar surface area (TPSA) is 59.6 Å². The van der Waals surface area contributed by atoms with Crippen LogP contribution in [0.3, 0.4) is 0 Å². The summed E-state index contributed by atoms with van der Waals surface area (Å²) in [6.07, 6.45) is 0.512. The zero-order valence-corrected chi connectivity index (χ0v) is 10.2. The monoisotopic (exact) mass is 250 g/mol. The number of ether oxygens (including phenoxy) is 2. The van der Waals surface area contributed by atoms with Gasteiger partial charge in [0.25, 0.3) is 0 Å². The molecule has 0 atom stereocenters. The lowest BCUT2D eigenvalue weighted by molar-refractivity contribution is -0.0454. The van der Waals surface area contributed by atoms with Crippen molar-refractivity contribution in [1.29, 1.82) is 0 Å². The first-order valence-corrected chi connectivity index (χ1v) is 6.13. The number of benzene rings is 1. The third-order valence-corrected chi connectivity index (χ3v) is 2.65. The van der Waals surface area contributed by atoms with Crippen molar-refractivity contribution >= 4 is 6.03 Å². The molecule has 5 nitrogen and oxygen atoms in total. The highest BCUT2D eigenvalue weighted by molar-refractivity contribution is 5.73. The van der Waals surface area contributed by atoms with Gasteiger partial charge in [-0.15, -0.1) is 0 Å². The van der Waals surface area contributed by atoms with Crippen molar-refractivity contribution in [2.45, 2.75) is 19.3 Å². The second-order valence-electron chi connectivity index (χ2n) is 4.05.